The van der Waals surface area contributed by atoms with E-state index in [1.54, 1.807) is 7.05 Å². The number of carbonyl (C=O) groups is 1. The van der Waals surface area contributed by atoms with Crippen LogP contribution >= 0.6 is 0 Å². The molecule has 0 spiro atoms. The van der Waals surface area contributed by atoms with Gasteiger partial charge in [0.15, 0.2) is 0 Å². The Labute approximate surface area is 120 Å². The van der Waals surface area contributed by atoms with Crippen LogP contribution in [0.2, 0.25) is 0 Å². The van der Waals surface area contributed by atoms with E-state index in [0.29, 0.717) is 11.5 Å². The van der Waals surface area contributed by atoms with Crippen molar-refractivity contribution in [1.29, 1.82) is 0 Å². The maximum absolute atomic E-state index is 11.5. The number of hydrogen-bond donors (Lipinski definition) is 2. The minimum Gasteiger partial charge on any atom is -0.393 e. The minimum atomic E-state index is -0.191. The molecule has 2 N–H and O–H groups in total. The molecule has 20 heavy (non-hydrogen) atoms. The Balaban J connectivity index is 1.87. The van der Waals surface area contributed by atoms with E-state index in [9.17, 15) is 9.90 Å². The third kappa shape index (κ3) is 3.81. The van der Waals surface area contributed by atoms with Crippen molar-refractivity contribution in [3.05, 3.63) is 35.4 Å². The maximum Gasteiger partial charge on any atom is 0.251 e. The SMILES string of the molecule is CNC(=O)c1ccc(CN2CCC(C(C)O)CC2)cc1. The van der Waals surface area contributed by atoms with Crippen LogP contribution in [0, 0.1) is 5.92 Å². The molecule has 1 aromatic carbocycles. The van der Waals surface area contributed by atoms with Crippen LogP contribution < -0.4 is 5.32 Å². The molecule has 0 bridgehead atoms. The topological polar surface area (TPSA) is 52.6 Å². The Bertz CT molecular complexity index is 434. The maximum atomic E-state index is 11.5. The Morgan fingerprint density at radius 3 is 2.45 bits per heavy atom. The summed E-state index contributed by atoms with van der Waals surface area (Å²) in [6, 6.07) is 7.78. The number of nitrogens with one attached hydrogen (secondary N) is 1. The molecule has 1 atom stereocenters. The van der Waals surface area contributed by atoms with Gasteiger partial charge >= 0.3 is 0 Å². The number of piperidine rings is 1. The molecule has 1 fully saturated rings. The van der Waals surface area contributed by atoms with Crippen molar-refractivity contribution in [3.63, 3.8) is 0 Å². The number of nitrogens with zero attached hydrogens (tertiary/aromatic N) is 1. The average molecular weight is 276 g/mol. The van der Waals surface area contributed by atoms with Gasteiger partial charge in [-0.15, -0.1) is 0 Å². The summed E-state index contributed by atoms with van der Waals surface area (Å²) in [7, 11) is 1.64. The highest BCUT2D eigenvalue weighted by atomic mass is 16.3. The molecule has 4 heteroatoms. The molecule has 1 heterocycles. The lowest BCUT2D eigenvalue weighted by Crippen LogP contribution is -2.36. The lowest BCUT2D eigenvalue weighted by atomic mass is 9.92. The van der Waals surface area contributed by atoms with Gasteiger partial charge in [-0.2, -0.15) is 0 Å². The number of likely N-dealkylation sites (tertiary alicyclic amines) is 1. The number of carbonyl (C=O) groups excluding carboxylic acids is 1. The normalized spacial score (nSPS) is 18.8. The standard InChI is InChI=1S/C16H24N2O2/c1-12(19)14-7-9-18(10-8-14)11-13-3-5-15(6-4-13)16(20)17-2/h3-6,12,14,19H,7-11H2,1-2H3,(H,17,20). The van der Waals surface area contributed by atoms with Gasteiger partial charge in [0.2, 0.25) is 0 Å². The molecule has 1 aliphatic rings. The van der Waals surface area contributed by atoms with Crippen molar-refractivity contribution in [2.24, 2.45) is 5.92 Å². The van der Waals surface area contributed by atoms with Crippen molar-refractivity contribution in [3.8, 4) is 0 Å². The summed E-state index contributed by atoms with van der Waals surface area (Å²) in [6.07, 6.45) is 1.94. The zero-order valence-corrected chi connectivity index (χ0v) is 12.3. The molecule has 0 saturated carbocycles. The number of aliphatic hydroxyl groups excluding tert-OH is 1. The summed E-state index contributed by atoms with van der Waals surface area (Å²) < 4.78 is 0. The molecular weight excluding hydrogens is 252 g/mol. The molecule has 2 rings (SSSR count). The van der Waals surface area contributed by atoms with E-state index >= 15 is 0 Å². The lowest BCUT2D eigenvalue weighted by Gasteiger charge is -2.33. The van der Waals surface area contributed by atoms with E-state index in [-0.39, 0.29) is 12.0 Å². The van der Waals surface area contributed by atoms with Crippen molar-refractivity contribution in [1.82, 2.24) is 10.2 Å². The molecule has 4 nitrogen and oxygen atoms in total. The zero-order chi connectivity index (χ0) is 14.5. The van der Waals surface area contributed by atoms with Crippen LogP contribution in [-0.4, -0.2) is 42.2 Å². The summed E-state index contributed by atoms with van der Waals surface area (Å²) in [5.74, 6) is 0.399. The van der Waals surface area contributed by atoms with Crippen molar-refractivity contribution >= 4 is 5.91 Å². The fraction of sp³-hybridized carbons (Fsp3) is 0.562. The summed E-state index contributed by atoms with van der Waals surface area (Å²) in [5.41, 5.74) is 1.93. The fourth-order valence-electron chi connectivity index (χ4n) is 2.76. The highest BCUT2D eigenvalue weighted by molar-refractivity contribution is 5.93. The summed E-state index contributed by atoms with van der Waals surface area (Å²) >= 11 is 0. The monoisotopic (exact) mass is 276 g/mol. The van der Waals surface area contributed by atoms with Crippen molar-refractivity contribution in [2.45, 2.75) is 32.4 Å². The highest BCUT2D eigenvalue weighted by Crippen LogP contribution is 2.21. The summed E-state index contributed by atoms with van der Waals surface area (Å²) in [6.45, 7) is 4.87. The van der Waals surface area contributed by atoms with Gasteiger partial charge in [0.1, 0.15) is 0 Å². The van der Waals surface area contributed by atoms with E-state index in [4.69, 9.17) is 0 Å². The van der Waals surface area contributed by atoms with E-state index in [1.807, 2.05) is 31.2 Å². The largest absolute Gasteiger partial charge is 0.393 e. The van der Waals surface area contributed by atoms with Crippen molar-refractivity contribution in [2.75, 3.05) is 20.1 Å². The molecule has 1 saturated heterocycles. The van der Waals surface area contributed by atoms with Gasteiger partial charge < -0.3 is 10.4 Å². The first-order valence-electron chi connectivity index (χ1n) is 7.31. The second-order valence-electron chi connectivity index (χ2n) is 5.63. The van der Waals surface area contributed by atoms with Crippen LogP contribution in [0.4, 0.5) is 0 Å². The Morgan fingerprint density at radius 2 is 1.95 bits per heavy atom. The molecule has 1 unspecified atom stereocenters. The first-order valence-corrected chi connectivity index (χ1v) is 7.31. The summed E-state index contributed by atoms with van der Waals surface area (Å²) in [4.78, 5) is 13.9. The quantitative estimate of drug-likeness (QED) is 0.879. The van der Waals surface area contributed by atoms with Crippen LogP contribution in [0.1, 0.15) is 35.7 Å². The molecule has 1 amide bonds. The Morgan fingerprint density at radius 1 is 1.35 bits per heavy atom. The molecule has 110 valence electrons. The number of hydrogen-bond acceptors (Lipinski definition) is 3. The second-order valence-corrected chi connectivity index (χ2v) is 5.63. The smallest absolute Gasteiger partial charge is 0.251 e. The summed E-state index contributed by atoms with van der Waals surface area (Å²) in [5, 5.41) is 12.2. The highest BCUT2D eigenvalue weighted by Gasteiger charge is 2.22. The first kappa shape index (κ1) is 15.0. The molecule has 1 aromatic rings. The van der Waals surface area contributed by atoms with Gasteiger partial charge in [-0.05, 0) is 56.5 Å². The number of amides is 1. The van der Waals surface area contributed by atoms with Gasteiger partial charge in [-0.25, -0.2) is 0 Å². The Kier molecular flexibility index (Phi) is 5.15. The van der Waals surface area contributed by atoms with Gasteiger partial charge in [-0.3, -0.25) is 9.69 Å². The molecule has 0 radical (unpaired) electrons. The van der Waals surface area contributed by atoms with Crippen LogP contribution in [0.3, 0.4) is 0 Å². The van der Waals surface area contributed by atoms with Crippen LogP contribution in [0.15, 0.2) is 24.3 Å². The second kappa shape index (κ2) is 6.86. The van der Waals surface area contributed by atoms with E-state index in [2.05, 4.69) is 10.2 Å². The van der Waals surface area contributed by atoms with Gasteiger partial charge in [-0.1, -0.05) is 12.1 Å². The third-order valence-corrected chi connectivity index (χ3v) is 4.16. The van der Waals surface area contributed by atoms with Gasteiger partial charge in [0.05, 0.1) is 6.10 Å². The van der Waals surface area contributed by atoms with Crippen LogP contribution in [0.5, 0.6) is 0 Å². The van der Waals surface area contributed by atoms with E-state index in [0.717, 1.165) is 32.5 Å². The van der Waals surface area contributed by atoms with Crippen LogP contribution in [0.25, 0.3) is 0 Å². The predicted octanol–water partition coefficient (Wildman–Crippen LogP) is 1.64. The van der Waals surface area contributed by atoms with Gasteiger partial charge in [0.25, 0.3) is 5.91 Å². The molecule has 1 aliphatic heterocycles. The number of rotatable bonds is 4. The van der Waals surface area contributed by atoms with Crippen molar-refractivity contribution < 1.29 is 9.90 Å². The lowest BCUT2D eigenvalue weighted by molar-refractivity contribution is 0.0695. The zero-order valence-electron chi connectivity index (χ0n) is 12.3. The van der Waals surface area contributed by atoms with Crippen LogP contribution in [-0.2, 0) is 6.54 Å². The molecular formula is C16H24N2O2. The van der Waals surface area contributed by atoms with E-state index in [1.165, 1.54) is 5.56 Å². The first-order chi connectivity index (χ1) is 9.60. The number of aliphatic hydroxyl groups is 1. The Hall–Kier alpha value is -1.39. The fourth-order valence-corrected chi connectivity index (χ4v) is 2.76. The average Bonchev–Trinajstić information content (AvgIpc) is 2.48. The molecule has 0 aliphatic carbocycles. The van der Waals surface area contributed by atoms with E-state index < -0.39 is 0 Å². The molecule has 0 aromatic heterocycles. The third-order valence-electron chi connectivity index (χ3n) is 4.16. The minimum absolute atomic E-state index is 0.0469. The number of benzene rings is 1. The van der Waals surface area contributed by atoms with Gasteiger partial charge in [0, 0.05) is 19.2 Å². The predicted molar refractivity (Wildman–Crippen MR) is 79.5 cm³/mol.